The van der Waals surface area contributed by atoms with E-state index in [1.807, 2.05) is 20.8 Å². The van der Waals surface area contributed by atoms with Crippen molar-refractivity contribution in [1.82, 2.24) is 5.32 Å². The van der Waals surface area contributed by atoms with Crippen LogP contribution in [0.25, 0.3) is 0 Å². The van der Waals surface area contributed by atoms with Gasteiger partial charge in [0.1, 0.15) is 5.82 Å². The molecule has 0 unspecified atom stereocenters. The van der Waals surface area contributed by atoms with Crippen molar-refractivity contribution in [2.24, 2.45) is 0 Å². The first-order valence-corrected chi connectivity index (χ1v) is 6.07. The largest absolute Gasteiger partial charge is 0.374 e. The number of carbonyl (C=O) groups is 1. The molecule has 0 fully saturated rings. The molecule has 0 bridgehead atoms. The highest BCUT2D eigenvalue weighted by atomic mass is 79.9. The van der Waals surface area contributed by atoms with Crippen molar-refractivity contribution < 1.29 is 9.18 Å². The van der Waals surface area contributed by atoms with Crippen LogP contribution in [0.15, 0.2) is 22.7 Å². The van der Waals surface area contributed by atoms with E-state index in [1.165, 1.54) is 6.07 Å². The molecule has 0 aliphatic carbocycles. The minimum atomic E-state index is -0.386. The van der Waals surface area contributed by atoms with Crippen molar-refractivity contribution in [3.05, 3.63) is 28.5 Å². The molecule has 5 heteroatoms. The van der Waals surface area contributed by atoms with Gasteiger partial charge in [-0.1, -0.05) is 15.9 Å². The highest BCUT2D eigenvalue weighted by Gasteiger charge is 2.13. The second-order valence-electron chi connectivity index (χ2n) is 4.78. The lowest BCUT2D eigenvalue weighted by Crippen LogP contribution is -2.43. The second kappa shape index (κ2) is 5.49. The van der Waals surface area contributed by atoms with Crippen molar-refractivity contribution in [3.8, 4) is 0 Å². The number of hydrogen-bond acceptors (Lipinski definition) is 2. The molecule has 1 rings (SSSR count). The smallest absolute Gasteiger partial charge is 0.239 e. The lowest BCUT2D eigenvalue weighted by molar-refractivity contribution is -0.120. The molecule has 0 aliphatic rings. The van der Waals surface area contributed by atoms with Crippen molar-refractivity contribution >= 4 is 27.5 Å². The van der Waals surface area contributed by atoms with Gasteiger partial charge in [-0.05, 0) is 39.0 Å². The van der Waals surface area contributed by atoms with E-state index in [-0.39, 0.29) is 23.8 Å². The standard InChI is InChI=1S/C12H16BrFN2O/c1-12(2,3)16-11(17)7-15-10-5-4-8(13)6-9(10)14/h4-6,15H,7H2,1-3H3,(H,16,17). The number of rotatable bonds is 3. The molecule has 2 N–H and O–H groups in total. The molecule has 94 valence electrons. The van der Waals surface area contributed by atoms with Crippen molar-refractivity contribution in [2.45, 2.75) is 26.3 Å². The van der Waals surface area contributed by atoms with Crippen LogP contribution in [0.3, 0.4) is 0 Å². The summed E-state index contributed by atoms with van der Waals surface area (Å²) in [6, 6.07) is 4.65. The van der Waals surface area contributed by atoms with Gasteiger partial charge in [0.15, 0.2) is 0 Å². The van der Waals surface area contributed by atoms with E-state index in [4.69, 9.17) is 0 Å². The van der Waals surface area contributed by atoms with Gasteiger partial charge in [-0.25, -0.2) is 4.39 Å². The van der Waals surface area contributed by atoms with E-state index >= 15 is 0 Å². The highest BCUT2D eigenvalue weighted by Crippen LogP contribution is 2.18. The van der Waals surface area contributed by atoms with Gasteiger partial charge in [0.2, 0.25) is 5.91 Å². The Labute approximate surface area is 109 Å². The number of benzene rings is 1. The van der Waals surface area contributed by atoms with Crippen molar-refractivity contribution in [3.63, 3.8) is 0 Å². The SMILES string of the molecule is CC(C)(C)NC(=O)CNc1ccc(Br)cc1F. The van der Waals surface area contributed by atoms with Crippen LogP contribution in [-0.4, -0.2) is 18.0 Å². The average Bonchev–Trinajstić information content (AvgIpc) is 2.13. The first-order chi connectivity index (χ1) is 7.78. The van der Waals surface area contributed by atoms with Crippen LogP contribution in [0.1, 0.15) is 20.8 Å². The zero-order valence-corrected chi connectivity index (χ0v) is 11.7. The van der Waals surface area contributed by atoms with Gasteiger partial charge in [0.25, 0.3) is 0 Å². The predicted octanol–water partition coefficient (Wildman–Crippen LogP) is 2.91. The molecular weight excluding hydrogens is 287 g/mol. The summed E-state index contributed by atoms with van der Waals surface area (Å²) in [6.45, 7) is 5.73. The molecule has 0 saturated heterocycles. The zero-order chi connectivity index (χ0) is 13.1. The molecule has 0 radical (unpaired) electrons. The third-order valence-electron chi connectivity index (χ3n) is 1.88. The molecule has 1 aromatic rings. The Balaban J connectivity index is 2.53. The third-order valence-corrected chi connectivity index (χ3v) is 2.38. The lowest BCUT2D eigenvalue weighted by atomic mass is 10.1. The Kier molecular flexibility index (Phi) is 4.51. The predicted molar refractivity (Wildman–Crippen MR) is 70.5 cm³/mol. The van der Waals surface area contributed by atoms with Crippen LogP contribution in [0.4, 0.5) is 10.1 Å². The van der Waals surface area contributed by atoms with Crippen LogP contribution in [0.5, 0.6) is 0 Å². The van der Waals surface area contributed by atoms with Gasteiger partial charge >= 0.3 is 0 Å². The lowest BCUT2D eigenvalue weighted by Gasteiger charge is -2.20. The molecule has 1 amide bonds. The summed E-state index contributed by atoms with van der Waals surface area (Å²) < 4.78 is 14.1. The van der Waals surface area contributed by atoms with E-state index in [2.05, 4.69) is 26.6 Å². The number of nitrogens with one attached hydrogen (secondary N) is 2. The third kappa shape index (κ3) is 5.17. The van der Waals surface area contributed by atoms with Crippen LogP contribution in [0, 0.1) is 5.82 Å². The van der Waals surface area contributed by atoms with E-state index in [1.54, 1.807) is 12.1 Å². The van der Waals surface area contributed by atoms with Crippen LogP contribution >= 0.6 is 15.9 Å². The maximum atomic E-state index is 13.4. The summed E-state index contributed by atoms with van der Waals surface area (Å²) in [5, 5.41) is 5.54. The Hall–Kier alpha value is -1.10. The fourth-order valence-corrected chi connectivity index (χ4v) is 1.60. The molecule has 0 aromatic heterocycles. The van der Waals surface area contributed by atoms with Crippen LogP contribution in [0.2, 0.25) is 0 Å². The fraction of sp³-hybridized carbons (Fsp3) is 0.417. The van der Waals surface area contributed by atoms with Gasteiger partial charge in [-0.15, -0.1) is 0 Å². The van der Waals surface area contributed by atoms with Gasteiger partial charge in [-0.2, -0.15) is 0 Å². The van der Waals surface area contributed by atoms with Crippen LogP contribution in [-0.2, 0) is 4.79 Å². The number of anilines is 1. The molecule has 0 spiro atoms. The Morgan fingerprint density at radius 1 is 1.41 bits per heavy atom. The van der Waals surface area contributed by atoms with E-state index < -0.39 is 0 Å². The molecule has 1 aromatic carbocycles. The van der Waals surface area contributed by atoms with E-state index in [0.717, 1.165) is 0 Å². The molecule has 3 nitrogen and oxygen atoms in total. The number of carbonyl (C=O) groups excluding carboxylic acids is 1. The van der Waals surface area contributed by atoms with Crippen molar-refractivity contribution in [1.29, 1.82) is 0 Å². The quantitative estimate of drug-likeness (QED) is 0.901. The van der Waals surface area contributed by atoms with Crippen molar-refractivity contribution in [2.75, 3.05) is 11.9 Å². The molecule has 0 heterocycles. The maximum Gasteiger partial charge on any atom is 0.239 e. The zero-order valence-electron chi connectivity index (χ0n) is 10.1. The van der Waals surface area contributed by atoms with Gasteiger partial charge in [-0.3, -0.25) is 4.79 Å². The summed E-state index contributed by atoms with van der Waals surface area (Å²) in [5.41, 5.74) is 0.0362. The number of halogens is 2. The normalized spacial score (nSPS) is 11.1. The summed E-state index contributed by atoms with van der Waals surface area (Å²) in [5.74, 6) is -0.553. The first kappa shape index (κ1) is 14.0. The number of amides is 1. The molecular formula is C12H16BrFN2O. The van der Waals surface area contributed by atoms with Crippen LogP contribution < -0.4 is 10.6 Å². The van der Waals surface area contributed by atoms with Gasteiger partial charge < -0.3 is 10.6 Å². The maximum absolute atomic E-state index is 13.4. The monoisotopic (exact) mass is 302 g/mol. The Morgan fingerprint density at radius 2 is 2.06 bits per heavy atom. The average molecular weight is 303 g/mol. The molecule has 0 atom stereocenters. The van der Waals surface area contributed by atoms with Gasteiger partial charge in [0.05, 0.1) is 12.2 Å². The van der Waals surface area contributed by atoms with E-state index in [9.17, 15) is 9.18 Å². The topological polar surface area (TPSA) is 41.1 Å². The van der Waals surface area contributed by atoms with Gasteiger partial charge in [0, 0.05) is 10.0 Å². The molecule has 17 heavy (non-hydrogen) atoms. The second-order valence-corrected chi connectivity index (χ2v) is 5.69. The number of hydrogen-bond donors (Lipinski definition) is 2. The molecule has 0 aliphatic heterocycles. The first-order valence-electron chi connectivity index (χ1n) is 5.28. The summed E-state index contributed by atoms with van der Waals surface area (Å²) in [6.07, 6.45) is 0. The highest BCUT2D eigenvalue weighted by molar-refractivity contribution is 9.10. The minimum absolute atomic E-state index is 0.0514. The van der Waals surface area contributed by atoms with E-state index in [0.29, 0.717) is 10.2 Å². The summed E-state index contributed by atoms with van der Waals surface area (Å²) in [4.78, 5) is 11.5. The molecule has 0 saturated carbocycles. The fourth-order valence-electron chi connectivity index (χ4n) is 1.27. The Bertz CT molecular complexity index is 415. The minimum Gasteiger partial charge on any atom is -0.374 e. The summed E-state index contributed by atoms with van der Waals surface area (Å²) in [7, 11) is 0. The Morgan fingerprint density at radius 3 is 2.59 bits per heavy atom. The summed E-state index contributed by atoms with van der Waals surface area (Å²) >= 11 is 3.17.